The molecule has 1 amide bonds. The van der Waals surface area contributed by atoms with Gasteiger partial charge in [0.2, 0.25) is 5.92 Å². The topological polar surface area (TPSA) is 42.0 Å². The number of nitrogens with one attached hydrogen (secondary N) is 1. The maximum atomic E-state index is 13.7. The summed E-state index contributed by atoms with van der Waals surface area (Å²) in [5.74, 6) is -2.57. The van der Waals surface area contributed by atoms with Crippen molar-refractivity contribution >= 4 is 29.1 Å². The van der Waals surface area contributed by atoms with Crippen LogP contribution in [0, 0.1) is 5.92 Å². The van der Waals surface area contributed by atoms with Crippen LogP contribution in [0.1, 0.15) is 72.1 Å². The van der Waals surface area contributed by atoms with E-state index in [0.717, 1.165) is 24.1 Å². The summed E-state index contributed by atoms with van der Waals surface area (Å²) in [6, 6.07) is 8.40. The van der Waals surface area contributed by atoms with Gasteiger partial charge < -0.3 is 5.32 Å². The lowest BCUT2D eigenvalue weighted by atomic mass is 9.79. The van der Waals surface area contributed by atoms with Crippen molar-refractivity contribution in [2.24, 2.45) is 5.92 Å². The van der Waals surface area contributed by atoms with Gasteiger partial charge in [0.15, 0.2) is 0 Å². The molecule has 2 fully saturated rings. The third kappa shape index (κ3) is 4.72. The molecule has 1 unspecified atom stereocenters. The lowest BCUT2D eigenvalue weighted by molar-refractivity contribution is -0.0494. The number of carbonyl (C=O) groups is 1. The summed E-state index contributed by atoms with van der Waals surface area (Å²) in [6.07, 6.45) is 4.40. The van der Waals surface area contributed by atoms with Crippen LogP contribution in [0.5, 0.6) is 0 Å². The maximum absolute atomic E-state index is 13.7. The molecule has 2 aromatic rings. The fraction of sp³-hybridized carbons (Fsp3) is 0.455. The number of hydrogen-bond acceptors (Lipinski definition) is 2. The van der Waals surface area contributed by atoms with Gasteiger partial charge in [0.25, 0.3) is 5.91 Å². The van der Waals surface area contributed by atoms with Crippen LogP contribution >= 0.6 is 23.2 Å². The van der Waals surface area contributed by atoms with Crippen molar-refractivity contribution in [3.05, 3.63) is 63.4 Å². The van der Waals surface area contributed by atoms with E-state index < -0.39 is 12.0 Å². The Hall–Kier alpha value is -1.72. The van der Waals surface area contributed by atoms with Gasteiger partial charge in [-0.25, -0.2) is 8.78 Å². The first kappa shape index (κ1) is 20.5. The highest BCUT2D eigenvalue weighted by atomic mass is 35.5. The van der Waals surface area contributed by atoms with Crippen LogP contribution in [0.2, 0.25) is 10.0 Å². The van der Waals surface area contributed by atoms with E-state index in [-0.39, 0.29) is 35.3 Å². The summed E-state index contributed by atoms with van der Waals surface area (Å²) in [5, 5.41) is 3.49. The van der Waals surface area contributed by atoms with E-state index in [9.17, 15) is 13.6 Å². The van der Waals surface area contributed by atoms with Crippen molar-refractivity contribution < 1.29 is 13.6 Å². The van der Waals surface area contributed by atoms with Crippen LogP contribution in [0.15, 0.2) is 36.5 Å². The quantitative estimate of drug-likeness (QED) is 0.573. The number of benzene rings is 1. The van der Waals surface area contributed by atoms with Gasteiger partial charge in [-0.1, -0.05) is 35.3 Å². The highest BCUT2D eigenvalue weighted by molar-refractivity contribution is 6.43. The number of pyridine rings is 1. The van der Waals surface area contributed by atoms with Gasteiger partial charge >= 0.3 is 0 Å². The number of hydrogen-bond donors (Lipinski definition) is 1. The second kappa shape index (κ2) is 8.19. The maximum Gasteiger partial charge on any atom is 0.253 e. The molecule has 0 saturated heterocycles. The van der Waals surface area contributed by atoms with Crippen molar-refractivity contribution in [3.63, 3.8) is 0 Å². The van der Waals surface area contributed by atoms with Crippen molar-refractivity contribution in [3.8, 4) is 0 Å². The third-order valence-corrected chi connectivity index (χ3v) is 6.70. The Morgan fingerprint density at radius 3 is 2.45 bits per heavy atom. The van der Waals surface area contributed by atoms with Crippen molar-refractivity contribution in [2.45, 2.75) is 56.4 Å². The molecular weight excluding hydrogens is 417 g/mol. The lowest BCUT2D eigenvalue weighted by Crippen LogP contribution is -2.37. The minimum Gasteiger partial charge on any atom is -0.345 e. The number of alkyl halides is 2. The zero-order valence-corrected chi connectivity index (χ0v) is 17.3. The Morgan fingerprint density at radius 2 is 1.83 bits per heavy atom. The Morgan fingerprint density at radius 1 is 1.10 bits per heavy atom. The van der Waals surface area contributed by atoms with Crippen molar-refractivity contribution in [1.29, 1.82) is 0 Å². The lowest BCUT2D eigenvalue weighted by Gasteiger charge is -2.34. The summed E-state index contributed by atoms with van der Waals surface area (Å²) < 4.78 is 27.4. The van der Waals surface area contributed by atoms with Crippen LogP contribution in [0.4, 0.5) is 8.78 Å². The average Bonchev–Trinajstić information content (AvgIpc) is 3.54. The van der Waals surface area contributed by atoms with Gasteiger partial charge in [-0.3, -0.25) is 9.78 Å². The van der Waals surface area contributed by atoms with Crippen LogP contribution in [0.25, 0.3) is 0 Å². The van der Waals surface area contributed by atoms with Crippen LogP contribution in [-0.4, -0.2) is 16.8 Å². The second-order valence-corrected chi connectivity index (χ2v) is 8.82. The second-order valence-electron chi connectivity index (χ2n) is 8.04. The first-order valence-corrected chi connectivity index (χ1v) is 10.7. The Labute approximate surface area is 178 Å². The molecule has 1 atom stereocenters. The molecule has 2 saturated carbocycles. The standard InChI is InChI=1S/C22H22Cl2F2N2O/c23-17-3-1-2-16(19(17)24)21(29)28-20(14-8-10-22(25,26)11-9-14)15-6-7-18(27-12-15)13-4-5-13/h1-3,6-7,12-14,20H,4-5,8-11H2,(H,28,29). The normalized spacial score (nSPS) is 20.3. The predicted octanol–water partition coefficient (Wildman–Crippen LogP) is 6.56. The van der Waals surface area contributed by atoms with E-state index in [1.54, 1.807) is 24.4 Å². The number of carbonyl (C=O) groups excluding carboxylic acids is 1. The monoisotopic (exact) mass is 438 g/mol. The van der Waals surface area contributed by atoms with Gasteiger partial charge in [-0.2, -0.15) is 0 Å². The van der Waals surface area contributed by atoms with E-state index in [0.29, 0.717) is 23.8 Å². The highest BCUT2D eigenvalue weighted by Crippen LogP contribution is 2.43. The van der Waals surface area contributed by atoms with Gasteiger partial charge in [-0.15, -0.1) is 0 Å². The van der Waals surface area contributed by atoms with Crippen LogP contribution in [0.3, 0.4) is 0 Å². The van der Waals surface area contributed by atoms with Gasteiger partial charge in [-0.05, 0) is 55.4 Å². The van der Waals surface area contributed by atoms with E-state index in [2.05, 4.69) is 10.3 Å². The summed E-state index contributed by atoms with van der Waals surface area (Å²) in [7, 11) is 0. The number of amides is 1. The summed E-state index contributed by atoms with van der Waals surface area (Å²) in [4.78, 5) is 17.5. The summed E-state index contributed by atoms with van der Waals surface area (Å²) in [6.45, 7) is 0. The van der Waals surface area contributed by atoms with Gasteiger partial charge in [0, 0.05) is 30.7 Å². The van der Waals surface area contributed by atoms with Gasteiger partial charge in [0.05, 0.1) is 21.7 Å². The predicted molar refractivity (Wildman–Crippen MR) is 110 cm³/mol. The first-order chi connectivity index (χ1) is 13.8. The highest BCUT2D eigenvalue weighted by Gasteiger charge is 2.39. The van der Waals surface area contributed by atoms with Crippen molar-refractivity contribution in [1.82, 2.24) is 10.3 Å². The van der Waals surface area contributed by atoms with E-state index in [4.69, 9.17) is 23.2 Å². The van der Waals surface area contributed by atoms with Gasteiger partial charge in [0.1, 0.15) is 0 Å². The smallest absolute Gasteiger partial charge is 0.253 e. The fourth-order valence-electron chi connectivity index (χ4n) is 3.99. The minimum atomic E-state index is -2.63. The SMILES string of the molecule is O=C(NC(c1ccc(C2CC2)nc1)C1CCC(F)(F)CC1)c1cccc(Cl)c1Cl. The third-order valence-electron chi connectivity index (χ3n) is 5.88. The molecule has 1 aromatic heterocycles. The molecule has 154 valence electrons. The first-order valence-electron chi connectivity index (χ1n) is 9.92. The molecule has 3 nitrogen and oxygen atoms in total. The molecule has 1 N–H and O–H groups in total. The fourth-order valence-corrected chi connectivity index (χ4v) is 4.37. The van der Waals surface area contributed by atoms with Crippen molar-refractivity contribution in [2.75, 3.05) is 0 Å². The average molecular weight is 439 g/mol. The Kier molecular flexibility index (Phi) is 5.80. The molecule has 4 rings (SSSR count). The zero-order chi connectivity index (χ0) is 20.6. The minimum absolute atomic E-state index is 0.0925. The van der Waals surface area contributed by atoms with E-state index >= 15 is 0 Å². The molecule has 7 heteroatoms. The van der Waals surface area contributed by atoms with Crippen LogP contribution < -0.4 is 5.32 Å². The molecule has 0 radical (unpaired) electrons. The summed E-state index contributed by atoms with van der Waals surface area (Å²) in [5.41, 5.74) is 2.15. The molecule has 0 spiro atoms. The molecular formula is C22H22Cl2F2N2O. The number of nitrogens with zero attached hydrogens (tertiary/aromatic N) is 1. The largest absolute Gasteiger partial charge is 0.345 e. The molecule has 0 aliphatic heterocycles. The van der Waals surface area contributed by atoms with E-state index in [1.165, 1.54) is 0 Å². The molecule has 1 heterocycles. The summed E-state index contributed by atoms with van der Waals surface area (Å²) >= 11 is 12.2. The molecule has 2 aliphatic carbocycles. The van der Waals surface area contributed by atoms with Crippen LogP contribution in [-0.2, 0) is 0 Å². The zero-order valence-electron chi connectivity index (χ0n) is 15.8. The Bertz CT molecular complexity index is 890. The van der Waals surface area contributed by atoms with E-state index in [1.807, 2.05) is 12.1 Å². The Balaban J connectivity index is 1.59. The molecule has 2 aliphatic rings. The molecule has 1 aromatic carbocycles. The number of aromatic nitrogens is 1. The molecule has 0 bridgehead atoms. The molecule has 29 heavy (non-hydrogen) atoms. The number of halogens is 4. The number of rotatable bonds is 5.